The van der Waals surface area contributed by atoms with E-state index < -0.39 is 118 Å². The third-order valence-electron chi connectivity index (χ3n) is 22.9. The van der Waals surface area contributed by atoms with Crippen molar-refractivity contribution >= 4 is 47.6 Å². The molecule has 0 aromatic rings. The van der Waals surface area contributed by atoms with Crippen LogP contribution in [0.2, 0.25) is 0 Å². The molecule has 12 aliphatic rings. The Morgan fingerprint density at radius 2 is 0.369 bits per heavy atom. The Kier molecular flexibility index (Phi) is 40.2. The Hall–Kier alpha value is -5.00. The van der Waals surface area contributed by atoms with Crippen LogP contribution in [0.5, 0.6) is 0 Å². The highest BCUT2D eigenvalue weighted by molar-refractivity contribution is 5.81. The van der Waals surface area contributed by atoms with Gasteiger partial charge in [-0.25, -0.2) is 0 Å². The van der Waals surface area contributed by atoms with Gasteiger partial charge < -0.3 is 152 Å². The smallest absolute Gasteiger partial charge is 0.466 e. The molecule has 130 heavy (non-hydrogen) atoms. The SMILES string of the molecule is CC1(C)OCC(C2OC(C)(C)OC2C2COC(C)(C)O2)O1.CCOC(=O)CCC(C)=O.CCOC(=O)CCC1(C)OCC(C2OC(C)(C)OC2C2COC(C)(C)O2)O1.CCOC(=O)CCC1(C)OCC(C2OC(C)(C)OC2C2COC(C)(CCC(=O)OCC)O2)O1.CCOC(=O)CCC1(C)OCC(C2OC(C)(CCC(=O)OCC)OC2C2COC(C)(CCC(=O)OCC)O2)O1.[H+]. The van der Waals surface area contributed by atoms with Gasteiger partial charge in [-0.15, -0.1) is 0 Å². The Morgan fingerprint density at radius 1 is 0.208 bits per heavy atom. The Morgan fingerprint density at radius 3 is 0.538 bits per heavy atom. The van der Waals surface area contributed by atoms with Crippen LogP contribution >= 0.6 is 0 Å². The Labute approximate surface area is 767 Å². The van der Waals surface area contributed by atoms with E-state index in [1.807, 2.05) is 104 Å². The van der Waals surface area contributed by atoms with Crippen LogP contribution in [0.3, 0.4) is 0 Å². The minimum absolute atomic E-state index is 0. The summed E-state index contributed by atoms with van der Waals surface area (Å²) >= 11 is 0. The number of hydrogen-bond acceptors (Lipinski definition) is 39. The van der Waals surface area contributed by atoms with Gasteiger partial charge >= 0.3 is 43.2 Å². The summed E-state index contributed by atoms with van der Waals surface area (Å²) in [5, 5.41) is 0. The van der Waals surface area contributed by atoms with E-state index >= 15 is 0 Å². The van der Waals surface area contributed by atoms with Crippen molar-refractivity contribution < 1.29 is 187 Å². The van der Waals surface area contributed by atoms with Crippen LogP contribution in [0, 0.1) is 0 Å². The topological polar surface area (TPSA) is 423 Å². The maximum absolute atomic E-state index is 12.0. The molecule has 21 atom stereocenters. The molecule has 12 fully saturated rings. The molecule has 0 aromatic carbocycles. The van der Waals surface area contributed by atoms with Gasteiger partial charge in [0.1, 0.15) is 103 Å². The standard InChI is InChI=1S/C27H44O12.C23H38O10.C19H32O8.C15H26O6.C7H12O3/c1-7-31-20(28)10-13-25(4)34-16-18(36-25)23-24(39-27(6,38-23)15-12-22(30)33-9-3)19-17-35-26(5,37-19)14-11-21(29)32-8-2;1-7-26-17(24)9-11-22(5)28-13-15(30-22)19-20(33-21(3,4)32-19)16-14-29-23(6,31-16)12-10-18(25)27-8-2;1-7-21-14(20)8-9-19(6)23-11-13(25-19)16-15(26-18(4,5)27-16)12-10-22-17(2,3)24-12;1-13(2)16-7-9(18-13)11-12(21-15(5,6)20-11)10-8-17-14(3,4)19-10;1-3-10-7(9)5-4-6(2)8/h18-19,23-24H,7-17H2,1-6H3;15-16,19-20H,7-14H2,1-6H3;12-13,15-16H,7-11H2,1-6H3;9-12H,7-8H2,1-6H3;3-5H2,1-2H3/p+1. The monoisotopic (exact) mass is 1870 g/mol. The van der Waals surface area contributed by atoms with Gasteiger partial charge in [0, 0.05) is 44.9 Å². The second-order valence-corrected chi connectivity index (χ2v) is 37.4. The third-order valence-corrected chi connectivity index (χ3v) is 22.9. The zero-order valence-electron chi connectivity index (χ0n) is 82.7. The first-order valence-electron chi connectivity index (χ1n) is 46.2. The van der Waals surface area contributed by atoms with Crippen molar-refractivity contribution in [1.82, 2.24) is 0 Å². The molecule has 12 heterocycles. The van der Waals surface area contributed by atoms with E-state index in [1.165, 1.54) is 6.92 Å². The lowest BCUT2D eigenvalue weighted by Crippen LogP contribution is -2.45. The molecular weight excluding hydrogens is 1720 g/mol. The molecule has 12 saturated heterocycles. The second kappa shape index (κ2) is 47.4. The average Bonchev–Trinajstić information content (AvgIpc) is 1.62. The van der Waals surface area contributed by atoms with E-state index in [4.69, 9.17) is 142 Å². The molecule has 21 unspecified atom stereocenters. The maximum Gasteiger partial charge on any atom is 1.00 e. The van der Waals surface area contributed by atoms with Gasteiger partial charge in [0.25, 0.3) is 0 Å². The number of ketones is 1. The maximum atomic E-state index is 12.0. The van der Waals surface area contributed by atoms with Crippen LogP contribution in [-0.2, 0) is 185 Å². The summed E-state index contributed by atoms with van der Waals surface area (Å²) in [4.78, 5) is 91.9. The van der Waals surface area contributed by atoms with Gasteiger partial charge in [0.2, 0.25) is 0 Å². The van der Waals surface area contributed by atoms with Gasteiger partial charge in [-0.05, 0) is 180 Å². The van der Waals surface area contributed by atoms with E-state index in [2.05, 4.69) is 4.74 Å². The molecule has 0 N–H and O–H groups in total. The lowest BCUT2D eigenvalue weighted by Gasteiger charge is -2.28. The molecular formula is C91H153O39+. The van der Waals surface area contributed by atoms with Crippen LogP contribution in [0.15, 0.2) is 0 Å². The minimum atomic E-state index is -1.11. The summed E-state index contributed by atoms with van der Waals surface area (Å²) in [5.74, 6) is -12.0. The van der Waals surface area contributed by atoms with Crippen LogP contribution in [0.25, 0.3) is 0 Å². The first-order chi connectivity index (χ1) is 60.7. The van der Waals surface area contributed by atoms with Gasteiger partial charge in [0.15, 0.2) is 69.4 Å². The van der Waals surface area contributed by atoms with Gasteiger partial charge in [0.05, 0.1) is 144 Å². The van der Waals surface area contributed by atoms with E-state index in [0.717, 1.165) is 0 Å². The molecule has 39 heteroatoms. The van der Waals surface area contributed by atoms with Crippen molar-refractivity contribution in [1.29, 1.82) is 0 Å². The summed E-state index contributed by atoms with van der Waals surface area (Å²) in [7, 11) is 0. The Bertz CT molecular complexity index is 3490. The molecule has 0 aromatic heterocycles. The lowest BCUT2D eigenvalue weighted by atomic mass is 10.0. The average molecular weight is 1870 g/mol. The van der Waals surface area contributed by atoms with Gasteiger partial charge in [-0.3, -0.25) is 33.6 Å². The third kappa shape index (κ3) is 33.7. The fraction of sp³-hybridized carbons (Fsp3) is 0.912. The molecule has 0 bridgehead atoms. The molecule has 0 spiro atoms. The molecule has 0 amide bonds. The van der Waals surface area contributed by atoms with Crippen molar-refractivity contribution in [3.8, 4) is 0 Å². The molecule has 0 aliphatic carbocycles. The summed E-state index contributed by atoms with van der Waals surface area (Å²) in [6.07, 6.45) is -2.42. The molecule has 12 rings (SSSR count). The normalized spacial score (nSPS) is 36.7. The number of hydrogen-bond donors (Lipinski definition) is 0. The van der Waals surface area contributed by atoms with Gasteiger partial charge in [-0.1, -0.05) is 0 Å². The van der Waals surface area contributed by atoms with E-state index in [0.29, 0.717) is 118 Å². The predicted molar refractivity (Wildman–Crippen MR) is 453 cm³/mol. The highest BCUT2D eigenvalue weighted by Gasteiger charge is 2.62. The van der Waals surface area contributed by atoms with Gasteiger partial charge in [-0.2, -0.15) is 0 Å². The number of rotatable bonds is 36. The number of Topliss-reactive ketones (excluding diaryl/α,β-unsaturated/α-hetero) is 1. The highest BCUT2D eigenvalue weighted by atomic mass is 16.8. The van der Waals surface area contributed by atoms with Crippen molar-refractivity contribution in [3.63, 3.8) is 0 Å². The van der Waals surface area contributed by atoms with Crippen LogP contribution in [0.1, 0.15) is 271 Å². The zero-order chi connectivity index (χ0) is 96.3. The van der Waals surface area contributed by atoms with Crippen LogP contribution < -0.4 is 0 Å². The van der Waals surface area contributed by atoms with Crippen LogP contribution in [0.4, 0.5) is 0 Å². The fourth-order valence-corrected chi connectivity index (χ4v) is 16.8. The molecule has 0 radical (unpaired) electrons. The van der Waals surface area contributed by atoms with E-state index in [9.17, 15) is 38.4 Å². The lowest BCUT2D eigenvalue weighted by molar-refractivity contribution is -0.198. The summed E-state index contributed by atoms with van der Waals surface area (Å²) in [6.45, 7) is 52.3. The summed E-state index contributed by atoms with van der Waals surface area (Å²) < 4.78 is 180. The first-order valence-corrected chi connectivity index (χ1v) is 46.2. The predicted octanol–water partition coefficient (Wildman–Crippen LogP) is 10.2. The zero-order valence-corrected chi connectivity index (χ0v) is 81.7. The largest absolute Gasteiger partial charge is 1.00 e. The Balaban J connectivity index is 0.000000234. The number of carbonyl (C=O) groups excluding carboxylic acids is 8. The van der Waals surface area contributed by atoms with Crippen molar-refractivity contribution in [2.24, 2.45) is 0 Å². The van der Waals surface area contributed by atoms with Crippen molar-refractivity contribution in [2.45, 2.75) is 437 Å². The van der Waals surface area contributed by atoms with Crippen LogP contribution in [-0.4, -0.2) is 314 Å². The molecule has 750 valence electrons. The van der Waals surface area contributed by atoms with E-state index in [1.54, 1.807) is 69.2 Å². The highest BCUT2D eigenvalue weighted by Crippen LogP contribution is 2.48. The summed E-state index contributed by atoms with van der Waals surface area (Å²) in [5.41, 5.74) is 0. The summed E-state index contributed by atoms with van der Waals surface area (Å²) in [6, 6.07) is 0. The fourth-order valence-electron chi connectivity index (χ4n) is 16.8. The van der Waals surface area contributed by atoms with E-state index in [-0.39, 0.29) is 169 Å². The first kappa shape index (κ1) is 110. The number of ether oxygens (including phenoxy) is 31. The van der Waals surface area contributed by atoms with Crippen molar-refractivity contribution in [3.05, 3.63) is 0 Å². The molecule has 12 aliphatic heterocycles. The molecule has 0 saturated carbocycles. The quantitative estimate of drug-likeness (QED) is 0.0415. The minimum Gasteiger partial charge on any atom is -0.466 e. The van der Waals surface area contributed by atoms with Crippen molar-refractivity contribution in [2.75, 3.05) is 99.1 Å². The number of esters is 7. The number of carbonyl (C=O) groups is 8. The molecule has 39 nitrogen and oxygen atoms in total. The second-order valence-electron chi connectivity index (χ2n) is 37.4.